The fourth-order valence-corrected chi connectivity index (χ4v) is 2.99. The molecule has 1 saturated heterocycles. The van der Waals surface area contributed by atoms with Crippen molar-refractivity contribution in [3.05, 3.63) is 29.3 Å². The maximum Gasteiger partial charge on any atom is 0.253 e. The predicted octanol–water partition coefficient (Wildman–Crippen LogP) is 1.58. The Labute approximate surface area is 125 Å². The summed E-state index contributed by atoms with van der Waals surface area (Å²) in [4.78, 5) is 12.6. The van der Waals surface area contributed by atoms with Crippen molar-refractivity contribution in [2.24, 2.45) is 0 Å². The van der Waals surface area contributed by atoms with Gasteiger partial charge in [0.25, 0.3) is 5.91 Å². The lowest BCUT2D eigenvalue weighted by Gasteiger charge is -2.23. The van der Waals surface area contributed by atoms with E-state index in [2.05, 4.69) is 16.7 Å². The molecule has 3 rings (SSSR count). The molecule has 1 aromatic carbocycles. The molecule has 2 aliphatic heterocycles. The Morgan fingerprint density at radius 1 is 1.48 bits per heavy atom. The summed E-state index contributed by atoms with van der Waals surface area (Å²) in [5.41, 5.74) is 2.92. The van der Waals surface area contributed by atoms with Gasteiger partial charge in [0.05, 0.1) is 30.5 Å². The zero-order valence-electron chi connectivity index (χ0n) is 12.4. The maximum atomic E-state index is 12.6. The molecule has 0 radical (unpaired) electrons. The number of carbonyl (C=O) groups is 1. The van der Waals surface area contributed by atoms with Crippen LogP contribution >= 0.6 is 0 Å². The number of rotatable bonds is 4. The Kier molecular flexibility index (Phi) is 4.41. The van der Waals surface area contributed by atoms with Crippen molar-refractivity contribution in [2.75, 3.05) is 31.7 Å². The Hall–Kier alpha value is -1.59. The van der Waals surface area contributed by atoms with Gasteiger partial charge in [-0.05, 0) is 31.4 Å². The van der Waals surface area contributed by atoms with Crippen LogP contribution < -0.4 is 10.6 Å². The van der Waals surface area contributed by atoms with Gasteiger partial charge in [0.2, 0.25) is 0 Å². The Balaban J connectivity index is 1.74. The first-order chi connectivity index (χ1) is 10.3. The molecule has 2 aliphatic rings. The first kappa shape index (κ1) is 14.4. The van der Waals surface area contributed by atoms with Crippen LogP contribution in [0.3, 0.4) is 0 Å². The van der Waals surface area contributed by atoms with Crippen LogP contribution in [-0.2, 0) is 15.9 Å². The zero-order valence-corrected chi connectivity index (χ0v) is 12.4. The summed E-state index contributed by atoms with van der Waals surface area (Å²) in [6.45, 7) is 4.56. The van der Waals surface area contributed by atoms with E-state index in [0.29, 0.717) is 25.4 Å². The van der Waals surface area contributed by atoms with Gasteiger partial charge in [0.15, 0.2) is 0 Å². The van der Waals surface area contributed by atoms with Crippen LogP contribution in [0.4, 0.5) is 5.69 Å². The Morgan fingerprint density at radius 2 is 2.38 bits per heavy atom. The monoisotopic (exact) mass is 290 g/mol. The molecule has 1 fully saturated rings. The van der Waals surface area contributed by atoms with Gasteiger partial charge in [-0.1, -0.05) is 12.1 Å². The van der Waals surface area contributed by atoms with E-state index >= 15 is 0 Å². The predicted molar refractivity (Wildman–Crippen MR) is 80.7 cm³/mol. The lowest BCUT2D eigenvalue weighted by Crippen LogP contribution is -2.44. The normalized spacial score (nSPS) is 24.2. The zero-order chi connectivity index (χ0) is 14.7. The van der Waals surface area contributed by atoms with Crippen molar-refractivity contribution in [2.45, 2.75) is 31.9 Å². The SMILES string of the molecule is CCO[C@H]1COC[C@@H]1NC(=O)c1cccc2c1NCCC2. The maximum absolute atomic E-state index is 12.6. The summed E-state index contributed by atoms with van der Waals surface area (Å²) < 4.78 is 11.0. The molecule has 5 nitrogen and oxygen atoms in total. The summed E-state index contributed by atoms with van der Waals surface area (Å²) in [6.07, 6.45) is 2.09. The molecule has 1 aromatic rings. The Morgan fingerprint density at radius 3 is 3.24 bits per heavy atom. The van der Waals surface area contributed by atoms with E-state index in [4.69, 9.17) is 9.47 Å². The quantitative estimate of drug-likeness (QED) is 0.884. The van der Waals surface area contributed by atoms with Crippen LogP contribution in [0.1, 0.15) is 29.3 Å². The third-order valence-corrected chi connectivity index (χ3v) is 4.05. The number of nitrogens with one attached hydrogen (secondary N) is 2. The number of anilines is 1. The number of para-hydroxylation sites is 1. The summed E-state index contributed by atoms with van der Waals surface area (Å²) in [5, 5.41) is 6.40. The van der Waals surface area contributed by atoms with E-state index < -0.39 is 0 Å². The molecule has 2 N–H and O–H groups in total. The highest BCUT2D eigenvalue weighted by atomic mass is 16.5. The number of amides is 1. The van der Waals surface area contributed by atoms with Crippen molar-refractivity contribution >= 4 is 11.6 Å². The van der Waals surface area contributed by atoms with Crippen LogP contribution in [0.15, 0.2) is 18.2 Å². The second-order valence-electron chi connectivity index (χ2n) is 5.48. The number of fused-ring (bicyclic) bond motifs is 1. The summed E-state index contributed by atoms with van der Waals surface area (Å²) >= 11 is 0. The van der Waals surface area contributed by atoms with Crippen LogP contribution in [0.5, 0.6) is 0 Å². The van der Waals surface area contributed by atoms with Gasteiger partial charge in [0.1, 0.15) is 6.10 Å². The molecular weight excluding hydrogens is 268 g/mol. The van der Waals surface area contributed by atoms with Crippen LogP contribution in [0.25, 0.3) is 0 Å². The lowest BCUT2D eigenvalue weighted by atomic mass is 9.99. The van der Waals surface area contributed by atoms with Gasteiger partial charge >= 0.3 is 0 Å². The van der Waals surface area contributed by atoms with Crippen molar-refractivity contribution in [3.63, 3.8) is 0 Å². The molecule has 1 amide bonds. The van der Waals surface area contributed by atoms with Crippen molar-refractivity contribution < 1.29 is 14.3 Å². The fourth-order valence-electron chi connectivity index (χ4n) is 2.99. The first-order valence-electron chi connectivity index (χ1n) is 7.65. The van der Waals surface area contributed by atoms with Crippen molar-refractivity contribution in [1.82, 2.24) is 5.32 Å². The molecule has 5 heteroatoms. The number of ether oxygens (including phenoxy) is 2. The summed E-state index contributed by atoms with van der Waals surface area (Å²) in [6, 6.07) is 5.83. The smallest absolute Gasteiger partial charge is 0.253 e. The second-order valence-corrected chi connectivity index (χ2v) is 5.48. The highest BCUT2D eigenvalue weighted by Crippen LogP contribution is 2.26. The lowest BCUT2D eigenvalue weighted by molar-refractivity contribution is 0.0402. The number of aryl methyl sites for hydroxylation is 1. The van der Waals surface area contributed by atoms with E-state index in [1.165, 1.54) is 5.56 Å². The highest BCUT2D eigenvalue weighted by molar-refractivity contribution is 6.00. The summed E-state index contributed by atoms with van der Waals surface area (Å²) in [5.74, 6) is -0.0542. The molecule has 0 aliphatic carbocycles. The molecule has 0 saturated carbocycles. The number of benzene rings is 1. The third kappa shape index (κ3) is 3.04. The third-order valence-electron chi connectivity index (χ3n) is 4.05. The topological polar surface area (TPSA) is 59.6 Å². The molecule has 0 unspecified atom stereocenters. The van der Waals surface area contributed by atoms with Gasteiger partial charge in [-0.3, -0.25) is 4.79 Å². The molecular formula is C16H22N2O3. The van der Waals surface area contributed by atoms with Gasteiger partial charge in [-0.25, -0.2) is 0 Å². The van der Waals surface area contributed by atoms with Crippen molar-refractivity contribution in [3.8, 4) is 0 Å². The van der Waals surface area contributed by atoms with Crippen LogP contribution in [0.2, 0.25) is 0 Å². The van der Waals surface area contributed by atoms with E-state index in [9.17, 15) is 4.79 Å². The average molecular weight is 290 g/mol. The van der Waals surface area contributed by atoms with Gasteiger partial charge in [-0.15, -0.1) is 0 Å². The average Bonchev–Trinajstić information content (AvgIpc) is 2.94. The van der Waals surface area contributed by atoms with Crippen LogP contribution in [0, 0.1) is 0 Å². The summed E-state index contributed by atoms with van der Waals surface area (Å²) in [7, 11) is 0. The van der Waals surface area contributed by atoms with E-state index in [0.717, 1.165) is 25.1 Å². The van der Waals surface area contributed by atoms with E-state index in [1.807, 2.05) is 19.1 Å². The Bertz CT molecular complexity index is 518. The molecule has 2 heterocycles. The molecule has 114 valence electrons. The number of hydrogen-bond donors (Lipinski definition) is 2. The van der Waals surface area contributed by atoms with Gasteiger partial charge < -0.3 is 20.1 Å². The van der Waals surface area contributed by atoms with E-state index in [1.54, 1.807) is 0 Å². The van der Waals surface area contributed by atoms with Gasteiger partial charge in [-0.2, -0.15) is 0 Å². The van der Waals surface area contributed by atoms with Crippen molar-refractivity contribution in [1.29, 1.82) is 0 Å². The standard InChI is InChI=1S/C16H22N2O3/c1-2-21-14-10-20-9-13(14)18-16(19)12-7-3-5-11-6-4-8-17-15(11)12/h3,5,7,13-14,17H,2,4,6,8-10H2,1H3,(H,18,19)/t13-,14-/m0/s1. The van der Waals surface area contributed by atoms with E-state index in [-0.39, 0.29) is 18.1 Å². The second kappa shape index (κ2) is 6.45. The highest BCUT2D eigenvalue weighted by Gasteiger charge is 2.31. The minimum atomic E-state index is -0.0723. The fraction of sp³-hybridized carbons (Fsp3) is 0.562. The number of carbonyl (C=O) groups excluding carboxylic acids is 1. The molecule has 2 atom stereocenters. The minimum absolute atomic E-state index is 0.0496. The van der Waals surface area contributed by atoms with Gasteiger partial charge in [0, 0.05) is 13.2 Å². The molecule has 0 aromatic heterocycles. The molecule has 0 bridgehead atoms. The first-order valence-corrected chi connectivity index (χ1v) is 7.65. The van der Waals surface area contributed by atoms with Crippen LogP contribution in [-0.4, -0.2) is 44.4 Å². The minimum Gasteiger partial charge on any atom is -0.384 e. The molecule has 0 spiro atoms. The molecule has 21 heavy (non-hydrogen) atoms. The number of hydrogen-bond acceptors (Lipinski definition) is 4. The largest absolute Gasteiger partial charge is 0.384 e.